The van der Waals surface area contributed by atoms with E-state index >= 15 is 0 Å². The summed E-state index contributed by atoms with van der Waals surface area (Å²) in [7, 11) is 1.76. The molecule has 1 atom stereocenters. The van der Waals surface area contributed by atoms with Crippen LogP contribution in [0.5, 0.6) is 0 Å². The van der Waals surface area contributed by atoms with E-state index in [9.17, 15) is 0 Å². The monoisotopic (exact) mass is 552 g/mol. The lowest BCUT2D eigenvalue weighted by Gasteiger charge is -2.28. The van der Waals surface area contributed by atoms with Gasteiger partial charge in [0.1, 0.15) is 5.82 Å². The van der Waals surface area contributed by atoms with Crippen molar-refractivity contribution in [3.05, 3.63) is 5.82 Å². The van der Waals surface area contributed by atoms with E-state index in [0.29, 0.717) is 12.6 Å². The molecule has 0 amide bonds. The normalized spacial score (nSPS) is 16.4. The highest BCUT2D eigenvalue weighted by Gasteiger charge is 2.24. The predicted molar refractivity (Wildman–Crippen MR) is 137 cm³/mol. The van der Waals surface area contributed by atoms with Gasteiger partial charge in [-0.25, -0.2) is 0 Å². The number of halogens is 1. The van der Waals surface area contributed by atoms with E-state index in [2.05, 4.69) is 59.3 Å². The molecule has 1 fully saturated rings. The van der Waals surface area contributed by atoms with Crippen molar-refractivity contribution in [3.63, 3.8) is 0 Å². The lowest BCUT2D eigenvalue weighted by Crippen LogP contribution is -2.39. The first-order valence-corrected chi connectivity index (χ1v) is 12.2. The molecule has 0 radical (unpaired) electrons. The first-order chi connectivity index (χ1) is 13.9. The Balaban J connectivity index is 0.00000450. The highest BCUT2D eigenvalue weighted by molar-refractivity contribution is 14.0. The molecule has 0 aromatic carbocycles. The van der Waals surface area contributed by atoms with Crippen molar-refractivity contribution in [3.8, 4) is 0 Å². The molecular formula is C21H41IN6OS. The number of guanidine groups is 1. The molecule has 1 aliphatic rings. The number of thioether (sulfide) groups is 1. The average molecular weight is 553 g/mol. The minimum absolute atomic E-state index is 0. The van der Waals surface area contributed by atoms with E-state index in [1.165, 1.54) is 25.7 Å². The van der Waals surface area contributed by atoms with Crippen LogP contribution in [0.4, 0.5) is 0 Å². The third kappa shape index (κ3) is 8.18. The molecule has 0 saturated heterocycles. The van der Waals surface area contributed by atoms with Gasteiger partial charge < -0.3 is 19.9 Å². The molecule has 1 aliphatic carbocycles. The first kappa shape index (κ1) is 27.5. The predicted octanol–water partition coefficient (Wildman–Crippen LogP) is 4.28. The minimum Gasteiger partial charge on any atom is -0.379 e. The van der Waals surface area contributed by atoms with Crippen LogP contribution in [0, 0.1) is 5.41 Å². The molecule has 30 heavy (non-hydrogen) atoms. The van der Waals surface area contributed by atoms with E-state index in [1.54, 1.807) is 18.9 Å². The number of methoxy groups -OCH3 is 1. The molecule has 9 heteroatoms. The standard InChI is InChI=1S/C21H40N6OS.HI/c1-7-22-19(24-15-17(28-5)21(2,3)4)23-14-10-13-18-25-26-20(29-6)27(18)16-11-8-9-12-16;/h16-17H,7-15H2,1-6H3,(H2,22,23,24);1H. The second-order valence-corrected chi connectivity index (χ2v) is 9.52. The summed E-state index contributed by atoms with van der Waals surface area (Å²) in [6.07, 6.45) is 9.24. The molecule has 0 bridgehead atoms. The van der Waals surface area contributed by atoms with E-state index < -0.39 is 0 Å². The van der Waals surface area contributed by atoms with E-state index in [-0.39, 0.29) is 35.5 Å². The van der Waals surface area contributed by atoms with Gasteiger partial charge in [0.15, 0.2) is 11.1 Å². The molecule has 7 nitrogen and oxygen atoms in total. The van der Waals surface area contributed by atoms with Crippen molar-refractivity contribution in [2.24, 2.45) is 10.4 Å². The number of rotatable bonds is 10. The Labute approximate surface area is 204 Å². The van der Waals surface area contributed by atoms with Crippen molar-refractivity contribution in [1.82, 2.24) is 25.4 Å². The zero-order chi connectivity index (χ0) is 21.3. The van der Waals surface area contributed by atoms with Crippen molar-refractivity contribution in [2.45, 2.75) is 83.5 Å². The maximum atomic E-state index is 5.62. The Morgan fingerprint density at radius 2 is 1.97 bits per heavy atom. The average Bonchev–Trinajstić information content (AvgIpc) is 3.33. The van der Waals surface area contributed by atoms with Gasteiger partial charge in [0, 0.05) is 32.7 Å². The maximum absolute atomic E-state index is 5.62. The highest BCUT2D eigenvalue weighted by atomic mass is 127. The minimum atomic E-state index is 0. The van der Waals surface area contributed by atoms with Crippen LogP contribution in [-0.2, 0) is 11.2 Å². The molecule has 1 aromatic heterocycles. The van der Waals surface area contributed by atoms with Gasteiger partial charge in [-0.3, -0.25) is 4.99 Å². The molecule has 0 aliphatic heterocycles. The molecule has 2 rings (SSSR count). The van der Waals surface area contributed by atoms with Crippen LogP contribution in [0.2, 0.25) is 0 Å². The lowest BCUT2D eigenvalue weighted by molar-refractivity contribution is 0.0241. The van der Waals surface area contributed by atoms with Gasteiger partial charge in [-0.2, -0.15) is 0 Å². The zero-order valence-electron chi connectivity index (χ0n) is 19.5. The fourth-order valence-corrected chi connectivity index (χ4v) is 4.39. The Hall–Kier alpha value is -0.550. The molecule has 1 saturated carbocycles. The molecule has 174 valence electrons. The van der Waals surface area contributed by atoms with Crippen molar-refractivity contribution < 1.29 is 4.74 Å². The van der Waals surface area contributed by atoms with Crippen LogP contribution in [0.25, 0.3) is 0 Å². The van der Waals surface area contributed by atoms with Gasteiger partial charge in [-0.1, -0.05) is 45.4 Å². The van der Waals surface area contributed by atoms with Crippen molar-refractivity contribution in [2.75, 3.05) is 33.0 Å². The zero-order valence-corrected chi connectivity index (χ0v) is 22.7. The van der Waals surface area contributed by atoms with Crippen LogP contribution in [-0.4, -0.2) is 59.8 Å². The molecule has 0 spiro atoms. The molecule has 2 N–H and O–H groups in total. The number of hydrogen-bond acceptors (Lipinski definition) is 5. The molecule has 1 aromatic rings. The number of ether oxygens (including phenoxy) is 1. The summed E-state index contributed by atoms with van der Waals surface area (Å²) in [6, 6.07) is 0.581. The lowest BCUT2D eigenvalue weighted by atomic mass is 9.89. The number of aryl methyl sites for hydroxylation is 1. The highest BCUT2D eigenvalue weighted by Crippen LogP contribution is 2.33. The number of nitrogens with zero attached hydrogens (tertiary/aromatic N) is 4. The third-order valence-corrected chi connectivity index (χ3v) is 6.13. The van der Waals surface area contributed by atoms with E-state index in [0.717, 1.165) is 42.9 Å². The Morgan fingerprint density at radius 1 is 1.27 bits per heavy atom. The largest absolute Gasteiger partial charge is 0.379 e. The smallest absolute Gasteiger partial charge is 0.191 e. The molecular weight excluding hydrogens is 511 g/mol. The van der Waals surface area contributed by atoms with Crippen LogP contribution >= 0.6 is 35.7 Å². The van der Waals surface area contributed by atoms with Crippen LogP contribution < -0.4 is 10.6 Å². The fourth-order valence-electron chi connectivity index (χ4n) is 3.82. The Kier molecular flexibility index (Phi) is 12.6. The van der Waals surface area contributed by atoms with Gasteiger partial charge in [0.05, 0.1) is 12.6 Å². The Morgan fingerprint density at radius 3 is 2.53 bits per heavy atom. The van der Waals surface area contributed by atoms with Crippen LogP contribution in [0.15, 0.2) is 10.1 Å². The van der Waals surface area contributed by atoms with Crippen LogP contribution in [0.1, 0.15) is 71.7 Å². The molecule has 1 unspecified atom stereocenters. The van der Waals surface area contributed by atoms with Gasteiger partial charge >= 0.3 is 0 Å². The Bertz CT molecular complexity index is 640. The topological polar surface area (TPSA) is 76.4 Å². The maximum Gasteiger partial charge on any atom is 0.191 e. The number of aromatic nitrogens is 3. The summed E-state index contributed by atoms with van der Waals surface area (Å²) < 4.78 is 8.01. The van der Waals surface area contributed by atoms with E-state index in [1.807, 2.05) is 0 Å². The number of aliphatic imine (C=N–C) groups is 1. The van der Waals surface area contributed by atoms with E-state index in [4.69, 9.17) is 9.73 Å². The summed E-state index contributed by atoms with van der Waals surface area (Å²) in [5.41, 5.74) is 0.0644. The van der Waals surface area contributed by atoms with Gasteiger partial charge in [-0.15, -0.1) is 34.2 Å². The van der Waals surface area contributed by atoms with Crippen molar-refractivity contribution >= 4 is 41.7 Å². The summed E-state index contributed by atoms with van der Waals surface area (Å²) in [4.78, 5) is 4.73. The second kappa shape index (κ2) is 13.8. The number of hydrogen-bond donors (Lipinski definition) is 2. The summed E-state index contributed by atoms with van der Waals surface area (Å²) in [5, 5.41) is 16.7. The number of nitrogens with one attached hydrogen (secondary N) is 2. The summed E-state index contributed by atoms with van der Waals surface area (Å²) in [6.45, 7) is 11.0. The van der Waals surface area contributed by atoms with Gasteiger partial charge in [0.2, 0.25) is 0 Å². The summed E-state index contributed by atoms with van der Waals surface area (Å²) >= 11 is 1.70. The SMILES string of the molecule is CCNC(=NCC(OC)C(C)(C)C)NCCCc1nnc(SC)n1C1CCCC1.I. The molecule has 1 heterocycles. The second-order valence-electron chi connectivity index (χ2n) is 8.75. The third-order valence-electron chi connectivity index (χ3n) is 5.49. The van der Waals surface area contributed by atoms with Gasteiger partial charge in [-0.05, 0) is 37.9 Å². The van der Waals surface area contributed by atoms with Crippen LogP contribution in [0.3, 0.4) is 0 Å². The summed E-state index contributed by atoms with van der Waals surface area (Å²) in [5.74, 6) is 1.97. The first-order valence-electron chi connectivity index (χ1n) is 10.9. The quantitative estimate of drug-likeness (QED) is 0.148. The van der Waals surface area contributed by atoms with Gasteiger partial charge in [0.25, 0.3) is 0 Å². The fraction of sp³-hybridized carbons (Fsp3) is 0.857. The van der Waals surface area contributed by atoms with Crippen molar-refractivity contribution in [1.29, 1.82) is 0 Å².